The second-order valence-corrected chi connectivity index (χ2v) is 4.11. The monoisotopic (exact) mass is 215 g/mol. The van der Waals surface area contributed by atoms with Gasteiger partial charge in [0.2, 0.25) is 0 Å². The SMILES string of the molecule is COc1cc(N)c(C2C=CC=CC2)cc1C. The molecule has 16 heavy (non-hydrogen) atoms. The lowest BCUT2D eigenvalue weighted by Gasteiger charge is -2.18. The Kier molecular flexibility index (Phi) is 3.00. The molecule has 0 aliphatic heterocycles. The minimum absolute atomic E-state index is 0.398. The van der Waals surface area contributed by atoms with Crippen LogP contribution in [0.2, 0.25) is 0 Å². The zero-order valence-electron chi connectivity index (χ0n) is 9.73. The van der Waals surface area contributed by atoms with E-state index in [9.17, 15) is 0 Å². The number of nitrogen functional groups attached to an aromatic ring is 1. The third-order valence-electron chi connectivity index (χ3n) is 2.98. The van der Waals surface area contributed by atoms with Crippen LogP contribution in [0.4, 0.5) is 5.69 Å². The van der Waals surface area contributed by atoms with E-state index in [2.05, 4.69) is 30.4 Å². The molecule has 0 amide bonds. The number of hydrogen-bond donors (Lipinski definition) is 1. The zero-order valence-corrected chi connectivity index (χ0v) is 9.73. The van der Waals surface area contributed by atoms with E-state index in [0.29, 0.717) is 5.92 Å². The van der Waals surface area contributed by atoms with Gasteiger partial charge in [-0.2, -0.15) is 0 Å². The van der Waals surface area contributed by atoms with Crippen LogP contribution in [0.15, 0.2) is 36.4 Å². The van der Waals surface area contributed by atoms with Gasteiger partial charge in [-0.05, 0) is 30.5 Å². The molecule has 1 aromatic rings. The zero-order chi connectivity index (χ0) is 11.5. The van der Waals surface area contributed by atoms with Crippen LogP contribution in [0.1, 0.15) is 23.5 Å². The Morgan fingerprint density at radius 3 is 2.75 bits per heavy atom. The first kappa shape index (κ1) is 10.8. The molecule has 1 unspecified atom stereocenters. The number of hydrogen-bond acceptors (Lipinski definition) is 2. The minimum atomic E-state index is 0.398. The van der Waals surface area contributed by atoms with Crippen molar-refractivity contribution in [3.8, 4) is 5.75 Å². The predicted molar refractivity (Wildman–Crippen MR) is 67.8 cm³/mol. The summed E-state index contributed by atoms with van der Waals surface area (Å²) in [6.07, 6.45) is 9.53. The summed E-state index contributed by atoms with van der Waals surface area (Å²) in [5.74, 6) is 1.26. The lowest BCUT2D eigenvalue weighted by atomic mass is 9.90. The van der Waals surface area contributed by atoms with Crippen LogP contribution in [0.25, 0.3) is 0 Å². The summed E-state index contributed by atoms with van der Waals surface area (Å²) < 4.78 is 5.26. The summed E-state index contributed by atoms with van der Waals surface area (Å²) in [5, 5.41) is 0. The Labute approximate surface area is 96.4 Å². The van der Waals surface area contributed by atoms with Crippen molar-refractivity contribution in [2.45, 2.75) is 19.3 Å². The van der Waals surface area contributed by atoms with Crippen LogP contribution in [0.3, 0.4) is 0 Å². The van der Waals surface area contributed by atoms with Crippen LogP contribution < -0.4 is 10.5 Å². The van der Waals surface area contributed by atoms with Gasteiger partial charge in [0.05, 0.1) is 7.11 Å². The maximum absolute atomic E-state index is 6.06. The average molecular weight is 215 g/mol. The van der Waals surface area contributed by atoms with Crippen molar-refractivity contribution < 1.29 is 4.74 Å². The van der Waals surface area contributed by atoms with Crippen molar-refractivity contribution in [3.05, 3.63) is 47.6 Å². The second-order valence-electron chi connectivity index (χ2n) is 4.11. The molecule has 1 aliphatic carbocycles. The molecule has 1 atom stereocenters. The Bertz CT molecular complexity index is 446. The van der Waals surface area contributed by atoms with E-state index in [0.717, 1.165) is 23.4 Å². The summed E-state index contributed by atoms with van der Waals surface area (Å²) in [6, 6.07) is 4.04. The molecule has 84 valence electrons. The van der Waals surface area contributed by atoms with E-state index in [4.69, 9.17) is 10.5 Å². The maximum atomic E-state index is 6.06. The van der Waals surface area contributed by atoms with E-state index >= 15 is 0 Å². The number of allylic oxidation sites excluding steroid dienone is 4. The predicted octanol–water partition coefficient (Wildman–Crippen LogP) is 3.19. The van der Waals surface area contributed by atoms with E-state index in [1.54, 1.807) is 7.11 Å². The maximum Gasteiger partial charge on any atom is 0.123 e. The Hall–Kier alpha value is -1.70. The largest absolute Gasteiger partial charge is 0.496 e. The van der Waals surface area contributed by atoms with Crippen LogP contribution in [0, 0.1) is 6.92 Å². The van der Waals surface area contributed by atoms with Crippen molar-refractivity contribution in [3.63, 3.8) is 0 Å². The summed E-state index contributed by atoms with van der Waals surface area (Å²) in [5.41, 5.74) is 9.20. The standard InChI is InChI=1S/C14H17NO/c1-10-8-12(11-6-4-3-5-7-11)13(15)9-14(10)16-2/h3-6,8-9,11H,7,15H2,1-2H3. The summed E-state index contributed by atoms with van der Waals surface area (Å²) >= 11 is 0. The van der Waals surface area contributed by atoms with Gasteiger partial charge in [0.15, 0.2) is 0 Å². The molecule has 0 heterocycles. The highest BCUT2D eigenvalue weighted by Crippen LogP contribution is 2.33. The van der Waals surface area contributed by atoms with Gasteiger partial charge in [-0.15, -0.1) is 0 Å². The Balaban J connectivity index is 2.38. The fourth-order valence-electron chi connectivity index (χ4n) is 2.08. The average Bonchev–Trinajstić information content (AvgIpc) is 2.32. The summed E-state index contributed by atoms with van der Waals surface area (Å²) in [6.45, 7) is 2.05. The lowest BCUT2D eigenvalue weighted by Crippen LogP contribution is -2.03. The molecule has 0 radical (unpaired) electrons. The van der Waals surface area contributed by atoms with Crippen molar-refractivity contribution in [2.75, 3.05) is 12.8 Å². The first-order valence-electron chi connectivity index (χ1n) is 5.49. The lowest BCUT2D eigenvalue weighted by molar-refractivity contribution is 0.411. The van der Waals surface area contributed by atoms with Gasteiger partial charge in [-0.25, -0.2) is 0 Å². The van der Waals surface area contributed by atoms with Crippen molar-refractivity contribution >= 4 is 5.69 Å². The molecule has 2 rings (SSSR count). The van der Waals surface area contributed by atoms with E-state index < -0.39 is 0 Å². The van der Waals surface area contributed by atoms with Gasteiger partial charge in [-0.3, -0.25) is 0 Å². The van der Waals surface area contributed by atoms with Crippen LogP contribution in [0.5, 0.6) is 5.75 Å². The summed E-state index contributed by atoms with van der Waals surface area (Å²) in [4.78, 5) is 0. The van der Waals surface area contributed by atoms with E-state index in [1.165, 1.54) is 5.56 Å². The molecule has 1 aliphatic rings. The van der Waals surface area contributed by atoms with Crippen molar-refractivity contribution in [2.24, 2.45) is 0 Å². The minimum Gasteiger partial charge on any atom is -0.496 e. The molecule has 2 heteroatoms. The molecule has 0 spiro atoms. The molecule has 0 aromatic heterocycles. The number of rotatable bonds is 2. The number of anilines is 1. The fraction of sp³-hybridized carbons (Fsp3) is 0.286. The van der Waals surface area contributed by atoms with E-state index in [-0.39, 0.29) is 0 Å². The van der Waals surface area contributed by atoms with Crippen LogP contribution in [-0.2, 0) is 0 Å². The number of ether oxygens (including phenoxy) is 1. The van der Waals surface area contributed by atoms with Gasteiger partial charge < -0.3 is 10.5 Å². The summed E-state index contributed by atoms with van der Waals surface area (Å²) in [7, 11) is 1.67. The Morgan fingerprint density at radius 2 is 2.12 bits per heavy atom. The normalized spacial score (nSPS) is 18.8. The molecule has 0 fully saturated rings. The highest BCUT2D eigenvalue weighted by atomic mass is 16.5. The number of aryl methyl sites for hydroxylation is 1. The van der Waals surface area contributed by atoms with E-state index in [1.807, 2.05) is 13.0 Å². The molecule has 2 N–H and O–H groups in total. The van der Waals surface area contributed by atoms with Crippen molar-refractivity contribution in [1.82, 2.24) is 0 Å². The molecule has 0 saturated heterocycles. The third kappa shape index (κ3) is 1.96. The fourth-order valence-corrected chi connectivity index (χ4v) is 2.08. The molecular formula is C14H17NO. The number of nitrogens with two attached hydrogens (primary N) is 1. The van der Waals surface area contributed by atoms with Crippen LogP contribution in [-0.4, -0.2) is 7.11 Å². The highest BCUT2D eigenvalue weighted by Gasteiger charge is 2.13. The van der Waals surface area contributed by atoms with Gasteiger partial charge in [-0.1, -0.05) is 24.3 Å². The second kappa shape index (κ2) is 4.44. The van der Waals surface area contributed by atoms with Crippen molar-refractivity contribution in [1.29, 1.82) is 0 Å². The number of methoxy groups -OCH3 is 1. The van der Waals surface area contributed by atoms with Gasteiger partial charge >= 0.3 is 0 Å². The first-order chi connectivity index (χ1) is 7.72. The van der Waals surface area contributed by atoms with Crippen LogP contribution >= 0.6 is 0 Å². The van der Waals surface area contributed by atoms with Gasteiger partial charge in [0.25, 0.3) is 0 Å². The topological polar surface area (TPSA) is 35.2 Å². The molecule has 2 nitrogen and oxygen atoms in total. The first-order valence-corrected chi connectivity index (χ1v) is 5.49. The molecular weight excluding hydrogens is 198 g/mol. The quantitative estimate of drug-likeness (QED) is 0.769. The smallest absolute Gasteiger partial charge is 0.123 e. The van der Waals surface area contributed by atoms with Gasteiger partial charge in [0, 0.05) is 17.7 Å². The molecule has 1 aromatic carbocycles. The highest BCUT2D eigenvalue weighted by molar-refractivity contribution is 5.57. The van der Waals surface area contributed by atoms with Gasteiger partial charge in [0.1, 0.15) is 5.75 Å². The molecule has 0 bridgehead atoms. The Morgan fingerprint density at radius 1 is 1.31 bits per heavy atom. The third-order valence-corrected chi connectivity index (χ3v) is 2.98. The molecule has 0 saturated carbocycles. The number of benzene rings is 1.